The number of hydrogen-bond acceptors (Lipinski definition) is 6. The summed E-state index contributed by atoms with van der Waals surface area (Å²) in [6.07, 6.45) is 3.08. The lowest BCUT2D eigenvalue weighted by atomic mass is 9.97. The van der Waals surface area contributed by atoms with Gasteiger partial charge < -0.3 is 24.8 Å². The molecule has 0 aliphatic carbocycles. The Morgan fingerprint density at radius 1 is 0.914 bits per heavy atom. The number of phenols is 2. The predicted molar refractivity (Wildman–Crippen MR) is 138 cm³/mol. The van der Waals surface area contributed by atoms with Crippen LogP contribution in [-0.2, 0) is 0 Å². The van der Waals surface area contributed by atoms with Crippen molar-refractivity contribution in [2.45, 2.75) is 19.3 Å². The van der Waals surface area contributed by atoms with E-state index in [1.807, 2.05) is 0 Å². The van der Waals surface area contributed by atoms with Gasteiger partial charge in [-0.2, -0.15) is 0 Å². The first-order valence-corrected chi connectivity index (χ1v) is 12.6. The van der Waals surface area contributed by atoms with E-state index in [2.05, 4.69) is 0 Å². The summed E-state index contributed by atoms with van der Waals surface area (Å²) in [6.45, 7) is 2.10. The second-order valence-electron chi connectivity index (χ2n) is 9.03. The molecule has 0 bridgehead atoms. The molecule has 3 aromatic carbocycles. The number of nitrogens with zero attached hydrogens (tertiary/aromatic N) is 1. The standard InChI is InChI=1S/C28H27NO5S/c30-21-8-4-20(5-9-21)28-26(24-13-10-22(31)18-25(24)35-28)27(32)19-6-11-23(12-7-19)34-17-16-29(33)14-2-1-3-15-29/h4-13,18,30-31H,1-3,14-17H2. The van der Waals surface area contributed by atoms with E-state index in [0.29, 0.717) is 43.1 Å². The zero-order chi connectivity index (χ0) is 24.4. The maximum atomic E-state index is 13.7. The Bertz CT molecular complexity index is 1340. The molecule has 7 heteroatoms. The molecular weight excluding hydrogens is 462 g/mol. The van der Waals surface area contributed by atoms with Gasteiger partial charge in [0.05, 0.1) is 13.1 Å². The van der Waals surface area contributed by atoms with Gasteiger partial charge in [-0.05, 0) is 91.6 Å². The molecule has 0 amide bonds. The molecule has 0 radical (unpaired) electrons. The number of phenolic OH excluding ortho intramolecular Hbond substituents is 2. The third-order valence-corrected chi connectivity index (χ3v) is 7.75. The Morgan fingerprint density at radius 3 is 2.31 bits per heavy atom. The highest BCUT2D eigenvalue weighted by atomic mass is 32.1. The summed E-state index contributed by atoms with van der Waals surface area (Å²) in [6, 6.07) is 18.8. The molecular formula is C28H27NO5S. The van der Waals surface area contributed by atoms with Gasteiger partial charge in [-0.3, -0.25) is 4.79 Å². The summed E-state index contributed by atoms with van der Waals surface area (Å²) < 4.78 is 6.44. The topological polar surface area (TPSA) is 89.8 Å². The van der Waals surface area contributed by atoms with Crippen molar-refractivity contribution in [3.63, 3.8) is 0 Å². The molecule has 0 atom stereocenters. The van der Waals surface area contributed by atoms with Gasteiger partial charge in [-0.25, -0.2) is 0 Å². The van der Waals surface area contributed by atoms with Crippen LogP contribution in [-0.4, -0.2) is 46.9 Å². The first kappa shape index (κ1) is 23.4. The van der Waals surface area contributed by atoms with Crippen molar-refractivity contribution in [2.75, 3.05) is 26.2 Å². The Balaban J connectivity index is 1.38. The number of hydrogen-bond donors (Lipinski definition) is 2. The largest absolute Gasteiger partial charge is 0.633 e. The molecule has 180 valence electrons. The van der Waals surface area contributed by atoms with E-state index in [1.54, 1.807) is 66.7 Å². The molecule has 1 saturated heterocycles. The molecule has 0 unspecified atom stereocenters. The number of quaternary nitrogens is 1. The van der Waals surface area contributed by atoms with Crippen molar-refractivity contribution in [2.24, 2.45) is 0 Å². The molecule has 5 rings (SSSR count). The SMILES string of the molecule is O=C(c1ccc(OCC[N+]2([O-])CCCCC2)cc1)c1c(-c2ccc(O)cc2)sc2cc(O)ccc12. The number of aromatic hydroxyl groups is 2. The fraction of sp³-hybridized carbons (Fsp3) is 0.250. The second-order valence-corrected chi connectivity index (χ2v) is 10.1. The Labute approximate surface area is 207 Å². The van der Waals surface area contributed by atoms with Crippen molar-refractivity contribution in [1.82, 2.24) is 0 Å². The lowest BCUT2D eigenvalue weighted by molar-refractivity contribution is -0.885. The van der Waals surface area contributed by atoms with Crippen LogP contribution in [0.25, 0.3) is 20.5 Å². The molecule has 2 heterocycles. The zero-order valence-electron chi connectivity index (χ0n) is 19.3. The van der Waals surface area contributed by atoms with Gasteiger partial charge in [-0.1, -0.05) is 0 Å². The Hall–Kier alpha value is -3.39. The average molecular weight is 490 g/mol. The third kappa shape index (κ3) is 5.03. The van der Waals surface area contributed by atoms with Crippen molar-refractivity contribution in [3.05, 3.63) is 83.1 Å². The molecule has 4 aromatic rings. The van der Waals surface area contributed by atoms with Crippen LogP contribution >= 0.6 is 11.3 Å². The van der Waals surface area contributed by atoms with E-state index < -0.39 is 0 Å². The highest BCUT2D eigenvalue weighted by Gasteiger charge is 2.23. The molecule has 1 aromatic heterocycles. The maximum Gasteiger partial charge on any atom is 0.195 e. The molecule has 6 nitrogen and oxygen atoms in total. The highest BCUT2D eigenvalue weighted by molar-refractivity contribution is 7.22. The van der Waals surface area contributed by atoms with Crippen molar-refractivity contribution in [3.8, 4) is 27.7 Å². The summed E-state index contributed by atoms with van der Waals surface area (Å²) in [5.74, 6) is 0.794. The minimum absolute atomic E-state index is 0.131. The number of carbonyl (C=O) groups excluding carboxylic acids is 1. The number of thiophene rings is 1. The minimum Gasteiger partial charge on any atom is -0.633 e. The van der Waals surface area contributed by atoms with Crippen molar-refractivity contribution < 1.29 is 24.4 Å². The van der Waals surface area contributed by atoms with Crippen molar-refractivity contribution in [1.29, 1.82) is 0 Å². The lowest BCUT2D eigenvalue weighted by Gasteiger charge is -2.45. The first-order valence-electron chi connectivity index (χ1n) is 11.8. The minimum atomic E-state index is -0.183. The Morgan fingerprint density at radius 2 is 1.60 bits per heavy atom. The fourth-order valence-electron chi connectivity index (χ4n) is 4.62. The predicted octanol–water partition coefficient (Wildman–Crippen LogP) is 6.09. The molecule has 1 fully saturated rings. The lowest BCUT2D eigenvalue weighted by Crippen LogP contribution is -2.48. The molecule has 1 aliphatic rings. The molecule has 0 spiro atoms. The van der Waals surface area contributed by atoms with Crippen molar-refractivity contribution >= 4 is 27.2 Å². The van der Waals surface area contributed by atoms with Gasteiger partial charge in [0.1, 0.15) is 30.4 Å². The van der Waals surface area contributed by atoms with E-state index in [9.17, 15) is 20.2 Å². The fourth-order valence-corrected chi connectivity index (χ4v) is 5.85. The van der Waals surface area contributed by atoms with Gasteiger partial charge in [0.2, 0.25) is 0 Å². The summed E-state index contributed by atoms with van der Waals surface area (Å²) >= 11 is 1.43. The molecule has 1 aliphatic heterocycles. The van der Waals surface area contributed by atoms with Crippen LogP contribution < -0.4 is 4.74 Å². The van der Waals surface area contributed by atoms with Crippen LogP contribution in [0.4, 0.5) is 0 Å². The summed E-state index contributed by atoms with van der Waals surface area (Å²) in [4.78, 5) is 14.4. The highest BCUT2D eigenvalue weighted by Crippen LogP contribution is 2.41. The number of fused-ring (bicyclic) bond motifs is 1. The van der Waals surface area contributed by atoms with Gasteiger partial charge in [0, 0.05) is 26.1 Å². The van der Waals surface area contributed by atoms with Gasteiger partial charge in [0.25, 0.3) is 0 Å². The smallest absolute Gasteiger partial charge is 0.195 e. The quantitative estimate of drug-likeness (QED) is 0.186. The second kappa shape index (κ2) is 9.70. The zero-order valence-corrected chi connectivity index (χ0v) is 20.1. The molecule has 2 N–H and O–H groups in total. The summed E-state index contributed by atoms with van der Waals surface area (Å²) in [5.41, 5.74) is 1.90. The van der Waals surface area contributed by atoms with Crippen LogP contribution in [0.5, 0.6) is 17.2 Å². The first-order chi connectivity index (χ1) is 16.9. The number of likely N-dealkylation sites (tertiary alicyclic amines) is 1. The number of hydroxylamine groups is 3. The van der Waals surface area contributed by atoms with E-state index >= 15 is 0 Å². The van der Waals surface area contributed by atoms with Crippen LogP contribution in [0, 0.1) is 5.21 Å². The van der Waals surface area contributed by atoms with Gasteiger partial charge >= 0.3 is 0 Å². The van der Waals surface area contributed by atoms with E-state index in [0.717, 1.165) is 39.8 Å². The van der Waals surface area contributed by atoms with E-state index in [1.165, 1.54) is 11.3 Å². The average Bonchev–Trinajstić information content (AvgIpc) is 3.23. The number of carbonyl (C=O) groups is 1. The molecule has 35 heavy (non-hydrogen) atoms. The third-order valence-electron chi connectivity index (χ3n) is 6.55. The van der Waals surface area contributed by atoms with Crippen LogP contribution in [0.1, 0.15) is 35.2 Å². The normalized spacial score (nSPS) is 15.2. The number of rotatable bonds is 7. The number of ketones is 1. The number of ether oxygens (including phenoxy) is 1. The summed E-state index contributed by atoms with van der Waals surface area (Å²) in [7, 11) is 0. The number of benzene rings is 3. The van der Waals surface area contributed by atoms with Gasteiger partial charge in [-0.15, -0.1) is 11.3 Å². The maximum absolute atomic E-state index is 13.7. The number of piperidine rings is 1. The molecule has 0 saturated carbocycles. The van der Waals surface area contributed by atoms with Gasteiger partial charge in [0.15, 0.2) is 5.78 Å². The monoisotopic (exact) mass is 489 g/mol. The Kier molecular flexibility index (Phi) is 6.47. The van der Waals surface area contributed by atoms with E-state index in [4.69, 9.17) is 4.74 Å². The van der Waals surface area contributed by atoms with Crippen LogP contribution in [0.2, 0.25) is 0 Å². The van der Waals surface area contributed by atoms with Crippen LogP contribution in [0.3, 0.4) is 0 Å². The van der Waals surface area contributed by atoms with Crippen LogP contribution in [0.15, 0.2) is 66.7 Å². The van der Waals surface area contributed by atoms with E-state index in [-0.39, 0.29) is 21.9 Å². The summed E-state index contributed by atoms with van der Waals surface area (Å²) in [5, 5.41) is 33.1.